The lowest BCUT2D eigenvalue weighted by Gasteiger charge is -2.10. The molecular weight excluding hydrogens is 495 g/mol. The van der Waals surface area contributed by atoms with Gasteiger partial charge in [0, 0.05) is 11.0 Å². The largest absolute Gasteiger partial charge is 0.486 e. The minimum Gasteiger partial charge on any atom is -0.486 e. The van der Waals surface area contributed by atoms with Crippen molar-refractivity contribution in [1.29, 1.82) is 0 Å². The molecule has 1 heterocycles. The number of allylic oxidation sites excluding steroid dienone is 1. The van der Waals surface area contributed by atoms with Gasteiger partial charge in [0.1, 0.15) is 18.2 Å². The van der Waals surface area contributed by atoms with Crippen LogP contribution < -0.4 is 10.1 Å². The van der Waals surface area contributed by atoms with Gasteiger partial charge in [0.25, 0.3) is 0 Å². The van der Waals surface area contributed by atoms with Crippen molar-refractivity contribution in [1.82, 2.24) is 14.8 Å². The monoisotopic (exact) mass is 510 g/mol. The third-order valence-corrected chi connectivity index (χ3v) is 5.60. The Kier molecular flexibility index (Phi) is 7.89. The Morgan fingerprint density at radius 3 is 2.77 bits per heavy atom. The van der Waals surface area contributed by atoms with Crippen molar-refractivity contribution in [2.75, 3.05) is 11.1 Å². The average molecular weight is 512 g/mol. The van der Waals surface area contributed by atoms with Gasteiger partial charge < -0.3 is 10.1 Å². The number of hydrogen-bond acceptors (Lipinski definition) is 5. The molecule has 0 aliphatic carbocycles. The van der Waals surface area contributed by atoms with Gasteiger partial charge in [-0.3, -0.25) is 9.36 Å². The molecular formula is C20H17BrClFN4O2S. The van der Waals surface area contributed by atoms with Crippen molar-refractivity contribution in [3.8, 4) is 5.75 Å². The van der Waals surface area contributed by atoms with Gasteiger partial charge in [0.15, 0.2) is 11.0 Å². The van der Waals surface area contributed by atoms with Crippen molar-refractivity contribution < 1.29 is 13.9 Å². The van der Waals surface area contributed by atoms with E-state index in [2.05, 4.69) is 38.0 Å². The maximum Gasteiger partial charge on any atom is 0.234 e. The first kappa shape index (κ1) is 22.3. The standard InChI is InChI=1S/C20H17BrClFN4O2S/c1-2-9-27-18(11-29-15-6-4-14(23)5-7-15)25-26-20(27)30-12-19(28)24-17-8-3-13(21)10-16(17)22/h2-8,10H,1,9,11-12H2,(H,24,28). The van der Waals surface area contributed by atoms with Gasteiger partial charge in [0.05, 0.1) is 16.5 Å². The highest BCUT2D eigenvalue weighted by Crippen LogP contribution is 2.26. The van der Waals surface area contributed by atoms with E-state index in [4.69, 9.17) is 16.3 Å². The van der Waals surface area contributed by atoms with Crippen LogP contribution in [0, 0.1) is 5.82 Å². The van der Waals surface area contributed by atoms with Crippen LogP contribution in [-0.2, 0) is 17.9 Å². The molecule has 0 aliphatic heterocycles. The molecule has 6 nitrogen and oxygen atoms in total. The minimum absolute atomic E-state index is 0.125. The van der Waals surface area contributed by atoms with Gasteiger partial charge in [-0.2, -0.15) is 0 Å². The molecule has 0 saturated carbocycles. The third-order valence-electron chi connectivity index (χ3n) is 3.82. The number of amides is 1. The van der Waals surface area contributed by atoms with Crippen LogP contribution in [0.5, 0.6) is 5.75 Å². The lowest BCUT2D eigenvalue weighted by atomic mass is 10.3. The summed E-state index contributed by atoms with van der Waals surface area (Å²) in [4.78, 5) is 12.3. The van der Waals surface area contributed by atoms with Gasteiger partial charge in [0.2, 0.25) is 5.91 Å². The number of anilines is 1. The summed E-state index contributed by atoms with van der Waals surface area (Å²) in [6, 6.07) is 10.9. The third kappa shape index (κ3) is 6.07. The van der Waals surface area contributed by atoms with Gasteiger partial charge in [-0.25, -0.2) is 4.39 Å². The zero-order valence-electron chi connectivity index (χ0n) is 15.6. The van der Waals surface area contributed by atoms with Crippen LogP contribution in [0.3, 0.4) is 0 Å². The first-order valence-electron chi connectivity index (χ1n) is 8.75. The number of ether oxygens (including phenoxy) is 1. The van der Waals surface area contributed by atoms with Gasteiger partial charge in [-0.05, 0) is 42.5 Å². The maximum atomic E-state index is 13.0. The SMILES string of the molecule is C=CCn1c(COc2ccc(F)cc2)nnc1SCC(=O)Nc1ccc(Br)cc1Cl. The molecule has 3 aromatic rings. The number of carbonyl (C=O) groups excluding carboxylic acids is 1. The second kappa shape index (κ2) is 10.6. The lowest BCUT2D eigenvalue weighted by Crippen LogP contribution is -2.15. The van der Waals surface area contributed by atoms with E-state index >= 15 is 0 Å². The molecule has 0 fully saturated rings. The van der Waals surface area contributed by atoms with E-state index < -0.39 is 0 Å². The summed E-state index contributed by atoms with van der Waals surface area (Å²) in [5.74, 6) is 0.656. The second-order valence-corrected chi connectivity index (χ2v) is 8.27. The van der Waals surface area contributed by atoms with Crippen LogP contribution in [0.15, 0.2) is 64.7 Å². The highest BCUT2D eigenvalue weighted by molar-refractivity contribution is 9.10. The summed E-state index contributed by atoms with van der Waals surface area (Å²) in [5.41, 5.74) is 0.534. The predicted molar refractivity (Wildman–Crippen MR) is 119 cm³/mol. The number of carbonyl (C=O) groups is 1. The first-order valence-corrected chi connectivity index (χ1v) is 10.9. The topological polar surface area (TPSA) is 69.0 Å². The highest BCUT2D eigenvalue weighted by Gasteiger charge is 2.15. The maximum absolute atomic E-state index is 13.0. The lowest BCUT2D eigenvalue weighted by molar-refractivity contribution is -0.113. The van der Waals surface area contributed by atoms with Crippen LogP contribution in [0.4, 0.5) is 10.1 Å². The fourth-order valence-corrected chi connectivity index (χ4v) is 3.92. The number of thioether (sulfide) groups is 1. The summed E-state index contributed by atoms with van der Waals surface area (Å²) in [5, 5.41) is 12.1. The molecule has 156 valence electrons. The van der Waals surface area contributed by atoms with E-state index in [-0.39, 0.29) is 24.1 Å². The molecule has 0 bridgehead atoms. The Labute approximate surface area is 190 Å². The zero-order valence-corrected chi connectivity index (χ0v) is 18.8. The zero-order chi connectivity index (χ0) is 21.5. The number of rotatable bonds is 9. The molecule has 0 atom stereocenters. The first-order chi connectivity index (χ1) is 14.5. The molecule has 2 aromatic carbocycles. The van der Waals surface area contributed by atoms with Gasteiger partial charge in [-0.1, -0.05) is 45.4 Å². The molecule has 1 aromatic heterocycles. The van der Waals surface area contributed by atoms with Crippen molar-refractivity contribution >= 4 is 50.9 Å². The Hall–Kier alpha value is -2.36. The van der Waals surface area contributed by atoms with Crippen LogP contribution in [0.1, 0.15) is 5.82 Å². The number of benzene rings is 2. The van der Waals surface area contributed by atoms with E-state index in [1.165, 1.54) is 36.0 Å². The van der Waals surface area contributed by atoms with Crippen molar-refractivity contribution in [3.05, 3.63) is 76.3 Å². The Morgan fingerprint density at radius 2 is 2.07 bits per heavy atom. The summed E-state index contributed by atoms with van der Waals surface area (Å²) < 4.78 is 21.3. The highest BCUT2D eigenvalue weighted by atomic mass is 79.9. The van der Waals surface area contributed by atoms with Gasteiger partial charge >= 0.3 is 0 Å². The summed E-state index contributed by atoms with van der Waals surface area (Å²) in [7, 11) is 0. The van der Waals surface area contributed by atoms with Crippen molar-refractivity contribution in [2.24, 2.45) is 0 Å². The molecule has 0 radical (unpaired) electrons. The summed E-state index contributed by atoms with van der Waals surface area (Å²) in [6.07, 6.45) is 1.70. The van der Waals surface area contributed by atoms with E-state index in [9.17, 15) is 9.18 Å². The predicted octanol–water partition coefficient (Wildman–Crippen LogP) is 5.33. The number of halogens is 3. The van der Waals surface area contributed by atoms with Crippen LogP contribution in [0.2, 0.25) is 5.02 Å². The molecule has 10 heteroatoms. The molecule has 3 rings (SSSR count). The molecule has 1 N–H and O–H groups in total. The fraction of sp³-hybridized carbons (Fsp3) is 0.150. The molecule has 0 unspecified atom stereocenters. The molecule has 0 spiro atoms. The summed E-state index contributed by atoms with van der Waals surface area (Å²) >= 11 is 10.7. The van der Waals surface area contributed by atoms with E-state index in [0.29, 0.717) is 34.0 Å². The number of nitrogens with one attached hydrogen (secondary N) is 1. The quantitative estimate of drug-likeness (QED) is 0.311. The van der Waals surface area contributed by atoms with Crippen LogP contribution in [0.25, 0.3) is 0 Å². The fourth-order valence-electron chi connectivity index (χ4n) is 2.43. The molecule has 30 heavy (non-hydrogen) atoms. The number of aromatic nitrogens is 3. The Morgan fingerprint density at radius 1 is 1.30 bits per heavy atom. The van der Waals surface area contributed by atoms with Crippen molar-refractivity contribution in [3.63, 3.8) is 0 Å². The number of nitrogens with zero attached hydrogens (tertiary/aromatic N) is 3. The van der Waals surface area contributed by atoms with Gasteiger partial charge in [-0.15, -0.1) is 16.8 Å². The molecule has 0 saturated heterocycles. The normalized spacial score (nSPS) is 10.6. The van der Waals surface area contributed by atoms with E-state index in [1.54, 1.807) is 28.8 Å². The molecule has 0 aliphatic rings. The van der Waals surface area contributed by atoms with Crippen LogP contribution in [-0.4, -0.2) is 26.4 Å². The molecule has 1 amide bonds. The number of hydrogen-bond donors (Lipinski definition) is 1. The Bertz CT molecular complexity index is 1050. The van der Waals surface area contributed by atoms with Crippen LogP contribution >= 0.6 is 39.3 Å². The second-order valence-electron chi connectivity index (χ2n) is 6.00. The summed E-state index contributed by atoms with van der Waals surface area (Å²) in [6.45, 7) is 4.35. The average Bonchev–Trinajstić information content (AvgIpc) is 3.10. The van der Waals surface area contributed by atoms with Crippen molar-refractivity contribution in [2.45, 2.75) is 18.3 Å². The van der Waals surface area contributed by atoms with E-state index in [1.807, 2.05) is 0 Å². The Balaban J connectivity index is 1.61. The van der Waals surface area contributed by atoms with E-state index in [0.717, 1.165) is 4.47 Å². The minimum atomic E-state index is -0.335. The smallest absolute Gasteiger partial charge is 0.234 e.